The first-order valence-electron chi connectivity index (χ1n) is 9.17. The van der Waals surface area contributed by atoms with Crippen molar-refractivity contribution in [2.45, 2.75) is 30.9 Å². The Morgan fingerprint density at radius 3 is 2.87 bits per heavy atom. The Balaban J connectivity index is 1.70. The summed E-state index contributed by atoms with van der Waals surface area (Å²) in [6.07, 6.45) is 0.765. The predicted octanol–water partition coefficient (Wildman–Crippen LogP) is -0.552. The summed E-state index contributed by atoms with van der Waals surface area (Å²) in [5.41, 5.74) is 4.09. The van der Waals surface area contributed by atoms with E-state index in [0.29, 0.717) is 18.6 Å². The standard InChI is InChI=1S/C17H21N5O7S/c18-12-9-30-8-11(20-12)13(21-29-17(2-3-17)15(25)26)14(24)19-10(7-23)1-4-22-5-6-28-16(22)27/h7-8,10H,1-6,9H2,(H2,18,20)(H,19,24)(H,25,26)/b21-13-/t10-/m0/s1. The molecule has 30 heavy (non-hydrogen) atoms. The second-order valence-corrected chi connectivity index (χ2v) is 7.71. The van der Waals surface area contributed by atoms with Gasteiger partial charge in [0.05, 0.1) is 18.3 Å². The summed E-state index contributed by atoms with van der Waals surface area (Å²) in [6.45, 7) is 0.910. The van der Waals surface area contributed by atoms with Crippen LogP contribution in [0.2, 0.25) is 0 Å². The Bertz CT molecular complexity index is 836. The smallest absolute Gasteiger partial charge is 0.409 e. The molecule has 2 aliphatic heterocycles. The Morgan fingerprint density at radius 2 is 2.30 bits per heavy atom. The van der Waals surface area contributed by atoms with Gasteiger partial charge in [0.1, 0.15) is 24.4 Å². The molecular weight excluding hydrogens is 418 g/mol. The zero-order valence-corrected chi connectivity index (χ0v) is 16.7. The Morgan fingerprint density at radius 1 is 1.53 bits per heavy atom. The number of aliphatic imine (C=N–C) groups is 1. The number of nitrogens with zero attached hydrogens (tertiary/aromatic N) is 3. The van der Waals surface area contributed by atoms with E-state index in [0.717, 1.165) is 0 Å². The normalized spacial score (nSPS) is 21.1. The number of hydrogen-bond donors (Lipinski definition) is 3. The molecule has 0 aromatic heterocycles. The fourth-order valence-electron chi connectivity index (χ4n) is 2.66. The predicted molar refractivity (Wildman–Crippen MR) is 106 cm³/mol. The molecule has 4 N–H and O–H groups in total. The molecule has 0 bridgehead atoms. The lowest BCUT2D eigenvalue weighted by atomic mass is 10.2. The topological polar surface area (TPSA) is 173 Å². The van der Waals surface area contributed by atoms with Crippen molar-refractivity contribution in [1.29, 1.82) is 0 Å². The van der Waals surface area contributed by atoms with Gasteiger partial charge in [-0.3, -0.25) is 4.79 Å². The van der Waals surface area contributed by atoms with E-state index in [1.165, 1.54) is 16.7 Å². The fraction of sp³-hybridized carbons (Fsp3) is 0.529. The molecule has 0 aromatic rings. The third kappa shape index (κ3) is 5.09. The van der Waals surface area contributed by atoms with Gasteiger partial charge in [0.2, 0.25) is 5.60 Å². The van der Waals surface area contributed by atoms with E-state index in [4.69, 9.17) is 15.3 Å². The van der Waals surface area contributed by atoms with Gasteiger partial charge in [-0.2, -0.15) is 0 Å². The molecule has 3 aliphatic rings. The quantitative estimate of drug-likeness (QED) is 0.229. The van der Waals surface area contributed by atoms with E-state index >= 15 is 0 Å². The minimum absolute atomic E-state index is 0.107. The molecule has 13 heteroatoms. The molecule has 2 fully saturated rings. The molecular formula is C17H21N5O7S. The van der Waals surface area contributed by atoms with Crippen molar-refractivity contribution in [2.24, 2.45) is 15.9 Å². The zero-order valence-electron chi connectivity index (χ0n) is 15.9. The first-order chi connectivity index (χ1) is 14.3. The van der Waals surface area contributed by atoms with E-state index in [1.54, 1.807) is 5.41 Å². The monoisotopic (exact) mass is 439 g/mol. The van der Waals surface area contributed by atoms with Crippen molar-refractivity contribution < 1.29 is 33.9 Å². The molecule has 12 nitrogen and oxygen atoms in total. The van der Waals surface area contributed by atoms with Crippen LogP contribution in [0, 0.1) is 0 Å². The highest BCUT2D eigenvalue weighted by Gasteiger charge is 2.54. The number of aldehydes is 1. The van der Waals surface area contributed by atoms with Crippen LogP contribution in [0.1, 0.15) is 19.3 Å². The lowest BCUT2D eigenvalue weighted by Gasteiger charge is -2.18. The van der Waals surface area contributed by atoms with Crippen molar-refractivity contribution in [3.05, 3.63) is 11.1 Å². The first-order valence-corrected chi connectivity index (χ1v) is 10.2. The minimum atomic E-state index is -1.46. The molecule has 162 valence electrons. The number of nitrogens with one attached hydrogen (secondary N) is 1. The van der Waals surface area contributed by atoms with Crippen LogP contribution in [0.15, 0.2) is 21.3 Å². The average Bonchev–Trinajstić information content (AvgIpc) is 3.40. The SMILES string of the molecule is NC1=NC(/C(=N/OC2(C(=O)O)CC2)C(=O)N[C@H](C=O)CCN2CCOC2=O)=CSC1. The van der Waals surface area contributed by atoms with Gasteiger partial charge in [0, 0.05) is 19.4 Å². The summed E-state index contributed by atoms with van der Waals surface area (Å²) in [6, 6.07) is -0.913. The third-order valence-electron chi connectivity index (χ3n) is 4.59. The Hall–Kier alpha value is -3.09. The molecule has 0 radical (unpaired) electrons. The van der Waals surface area contributed by atoms with E-state index in [-0.39, 0.29) is 49.7 Å². The summed E-state index contributed by atoms with van der Waals surface area (Å²) >= 11 is 1.29. The van der Waals surface area contributed by atoms with Gasteiger partial charge in [-0.05, 0) is 11.8 Å². The Labute approximate surface area is 175 Å². The molecule has 2 heterocycles. The van der Waals surface area contributed by atoms with Crippen LogP contribution in [-0.2, 0) is 24.0 Å². The first kappa shape index (κ1) is 21.6. The van der Waals surface area contributed by atoms with Gasteiger partial charge in [-0.25, -0.2) is 14.6 Å². The maximum atomic E-state index is 12.8. The molecule has 1 atom stereocenters. The third-order valence-corrected chi connectivity index (χ3v) is 5.44. The second-order valence-electron chi connectivity index (χ2n) is 6.85. The van der Waals surface area contributed by atoms with E-state index in [1.807, 2.05) is 0 Å². The van der Waals surface area contributed by atoms with Crippen molar-refractivity contribution in [2.75, 3.05) is 25.4 Å². The van der Waals surface area contributed by atoms with Crippen LogP contribution in [0.5, 0.6) is 0 Å². The molecule has 0 aromatic carbocycles. The molecule has 1 saturated heterocycles. The van der Waals surface area contributed by atoms with Crippen molar-refractivity contribution in [3.8, 4) is 0 Å². The average molecular weight is 439 g/mol. The number of rotatable bonds is 10. The van der Waals surface area contributed by atoms with Crippen molar-refractivity contribution in [3.63, 3.8) is 0 Å². The molecule has 1 saturated carbocycles. The highest BCUT2D eigenvalue weighted by Crippen LogP contribution is 2.40. The number of carboxylic acid groups (broad SMARTS) is 1. The molecule has 0 spiro atoms. The molecule has 1 aliphatic carbocycles. The lowest BCUT2D eigenvalue weighted by Crippen LogP contribution is -2.43. The highest BCUT2D eigenvalue weighted by molar-refractivity contribution is 8.02. The van der Waals surface area contributed by atoms with Crippen molar-refractivity contribution >= 4 is 47.6 Å². The van der Waals surface area contributed by atoms with Gasteiger partial charge in [0.25, 0.3) is 5.91 Å². The van der Waals surface area contributed by atoms with Gasteiger partial charge in [-0.15, -0.1) is 11.8 Å². The maximum absolute atomic E-state index is 12.8. The summed E-state index contributed by atoms with van der Waals surface area (Å²) < 4.78 is 4.82. The Kier molecular flexibility index (Phi) is 6.59. The fourth-order valence-corrected chi connectivity index (χ4v) is 3.30. The van der Waals surface area contributed by atoms with Crippen LogP contribution in [0.4, 0.5) is 4.79 Å². The number of hydrogen-bond acceptors (Lipinski definition) is 10. The van der Waals surface area contributed by atoms with Crippen LogP contribution >= 0.6 is 11.8 Å². The second kappa shape index (κ2) is 9.15. The van der Waals surface area contributed by atoms with Crippen molar-refractivity contribution in [1.82, 2.24) is 10.2 Å². The number of carboxylic acids is 1. The van der Waals surface area contributed by atoms with Gasteiger partial charge in [-0.1, -0.05) is 5.16 Å². The number of ether oxygens (including phenoxy) is 1. The number of thioether (sulfide) groups is 1. The number of nitrogens with two attached hydrogens (primary N) is 1. The van der Waals surface area contributed by atoms with E-state index in [9.17, 15) is 24.3 Å². The lowest BCUT2D eigenvalue weighted by molar-refractivity contribution is -0.153. The number of amidine groups is 1. The van der Waals surface area contributed by atoms with E-state index in [2.05, 4.69) is 15.5 Å². The summed E-state index contributed by atoms with van der Waals surface area (Å²) in [4.78, 5) is 57.7. The summed E-state index contributed by atoms with van der Waals surface area (Å²) in [5, 5.41) is 17.0. The number of oxime groups is 1. The maximum Gasteiger partial charge on any atom is 0.409 e. The van der Waals surface area contributed by atoms with Crippen LogP contribution < -0.4 is 11.1 Å². The van der Waals surface area contributed by atoms with E-state index < -0.39 is 29.6 Å². The van der Waals surface area contributed by atoms with Gasteiger partial charge >= 0.3 is 12.1 Å². The minimum Gasteiger partial charge on any atom is -0.478 e. The number of carbonyl (C=O) groups is 4. The number of aliphatic carboxylic acids is 1. The molecule has 3 rings (SSSR count). The molecule has 2 amide bonds. The number of carbonyl (C=O) groups excluding carboxylic acids is 3. The number of cyclic esters (lactones) is 1. The highest BCUT2D eigenvalue weighted by atomic mass is 32.2. The van der Waals surface area contributed by atoms with Crippen LogP contribution in [0.3, 0.4) is 0 Å². The van der Waals surface area contributed by atoms with Crippen LogP contribution in [-0.4, -0.2) is 82.9 Å². The zero-order chi connectivity index (χ0) is 21.7. The van der Waals surface area contributed by atoms with Crippen LogP contribution in [0.25, 0.3) is 0 Å². The van der Waals surface area contributed by atoms with Gasteiger partial charge < -0.3 is 35.4 Å². The molecule has 0 unspecified atom stereocenters. The van der Waals surface area contributed by atoms with Gasteiger partial charge in [0.15, 0.2) is 5.71 Å². The number of amides is 2. The summed E-state index contributed by atoms with van der Waals surface area (Å²) in [7, 11) is 0. The largest absolute Gasteiger partial charge is 0.478 e. The summed E-state index contributed by atoms with van der Waals surface area (Å²) in [5.74, 6) is -1.26.